The van der Waals surface area contributed by atoms with Gasteiger partial charge in [0, 0.05) is 7.05 Å². The van der Waals surface area contributed by atoms with Crippen molar-refractivity contribution in [1.82, 2.24) is 4.90 Å². The first-order valence-electron chi connectivity index (χ1n) is 5.37. The van der Waals surface area contributed by atoms with Crippen molar-refractivity contribution in [3.05, 3.63) is 0 Å². The predicted molar refractivity (Wildman–Crippen MR) is 60.3 cm³/mol. The van der Waals surface area contributed by atoms with Gasteiger partial charge in [0.1, 0.15) is 11.6 Å². The third-order valence-electron chi connectivity index (χ3n) is 2.00. The fourth-order valence-electron chi connectivity index (χ4n) is 1.22. The highest BCUT2D eigenvalue weighted by Crippen LogP contribution is 2.13. The summed E-state index contributed by atoms with van der Waals surface area (Å²) in [7, 11) is 1.45. The van der Waals surface area contributed by atoms with Crippen LogP contribution in [0.1, 0.15) is 40.5 Å². The first-order valence-corrected chi connectivity index (χ1v) is 5.37. The fourth-order valence-corrected chi connectivity index (χ4v) is 1.22. The van der Waals surface area contributed by atoms with Crippen molar-refractivity contribution in [2.45, 2.75) is 52.2 Å². The number of carboxylic acid groups (broad SMARTS) is 1. The summed E-state index contributed by atoms with van der Waals surface area (Å²) < 4.78 is 5.10. The average Bonchev–Trinajstić information content (AvgIpc) is 2.09. The van der Waals surface area contributed by atoms with Crippen LogP contribution in [0.15, 0.2) is 0 Å². The molecule has 16 heavy (non-hydrogen) atoms. The zero-order valence-electron chi connectivity index (χ0n) is 10.6. The quantitative estimate of drug-likeness (QED) is 0.804. The first-order chi connectivity index (χ1) is 7.19. The molecule has 0 spiro atoms. The highest BCUT2D eigenvalue weighted by Gasteiger charge is 2.29. The number of carboxylic acids is 1. The van der Waals surface area contributed by atoms with Crippen LogP contribution < -0.4 is 0 Å². The number of aliphatic carboxylic acids is 1. The first kappa shape index (κ1) is 14.7. The molecule has 0 rings (SSSR count). The zero-order chi connectivity index (χ0) is 12.9. The second-order valence-electron chi connectivity index (χ2n) is 4.73. The van der Waals surface area contributed by atoms with Gasteiger partial charge in [-0.2, -0.15) is 0 Å². The Balaban J connectivity index is 4.55. The van der Waals surface area contributed by atoms with Gasteiger partial charge in [-0.3, -0.25) is 4.90 Å². The topological polar surface area (TPSA) is 66.8 Å². The molecule has 1 atom stereocenters. The molecule has 5 heteroatoms. The molecule has 0 aliphatic carbocycles. The number of hydrogen-bond donors (Lipinski definition) is 1. The Morgan fingerprint density at radius 2 is 1.88 bits per heavy atom. The summed E-state index contributed by atoms with van der Waals surface area (Å²) in [5, 5.41) is 8.97. The van der Waals surface area contributed by atoms with Gasteiger partial charge >= 0.3 is 12.1 Å². The molecule has 0 fully saturated rings. The monoisotopic (exact) mass is 231 g/mol. The Labute approximate surface area is 96.4 Å². The van der Waals surface area contributed by atoms with Crippen molar-refractivity contribution < 1.29 is 19.4 Å². The predicted octanol–water partition coefficient (Wildman–Crippen LogP) is 2.11. The van der Waals surface area contributed by atoms with Gasteiger partial charge in [0.15, 0.2) is 0 Å². The molecule has 0 heterocycles. The number of carbonyl (C=O) groups is 2. The van der Waals surface area contributed by atoms with Gasteiger partial charge in [0.25, 0.3) is 0 Å². The number of ether oxygens (including phenoxy) is 1. The number of rotatable bonds is 4. The van der Waals surface area contributed by atoms with Crippen LogP contribution in [-0.4, -0.2) is 40.8 Å². The molecular weight excluding hydrogens is 210 g/mol. The molecule has 0 aliphatic heterocycles. The molecular formula is C11H21NO4. The third-order valence-corrected chi connectivity index (χ3v) is 2.00. The van der Waals surface area contributed by atoms with Crippen LogP contribution in [0.25, 0.3) is 0 Å². The Hall–Kier alpha value is -1.26. The van der Waals surface area contributed by atoms with Gasteiger partial charge in [-0.1, -0.05) is 13.3 Å². The van der Waals surface area contributed by atoms with Crippen molar-refractivity contribution in [3.63, 3.8) is 0 Å². The van der Waals surface area contributed by atoms with Gasteiger partial charge in [0.2, 0.25) is 0 Å². The van der Waals surface area contributed by atoms with E-state index in [9.17, 15) is 9.59 Å². The summed E-state index contributed by atoms with van der Waals surface area (Å²) >= 11 is 0. The summed E-state index contributed by atoms with van der Waals surface area (Å²) in [5.41, 5.74) is -0.611. The van der Waals surface area contributed by atoms with Crippen LogP contribution in [0.2, 0.25) is 0 Å². The lowest BCUT2D eigenvalue weighted by Crippen LogP contribution is -2.44. The van der Waals surface area contributed by atoms with Crippen LogP contribution in [0.3, 0.4) is 0 Å². The minimum absolute atomic E-state index is 0.422. The van der Waals surface area contributed by atoms with Crippen molar-refractivity contribution in [3.8, 4) is 0 Å². The number of nitrogens with zero attached hydrogens (tertiary/aromatic N) is 1. The smallest absolute Gasteiger partial charge is 0.410 e. The van der Waals surface area contributed by atoms with E-state index in [1.54, 1.807) is 20.8 Å². The van der Waals surface area contributed by atoms with Gasteiger partial charge in [-0.15, -0.1) is 0 Å². The molecule has 0 radical (unpaired) electrons. The maximum absolute atomic E-state index is 11.6. The zero-order valence-corrected chi connectivity index (χ0v) is 10.6. The normalized spacial score (nSPS) is 13.1. The molecule has 0 bridgehead atoms. The molecule has 0 saturated heterocycles. The van der Waals surface area contributed by atoms with Crippen LogP contribution in [0.4, 0.5) is 4.79 Å². The number of hydrogen-bond acceptors (Lipinski definition) is 3. The van der Waals surface area contributed by atoms with Gasteiger partial charge in [-0.25, -0.2) is 9.59 Å². The van der Waals surface area contributed by atoms with E-state index in [0.29, 0.717) is 12.8 Å². The second-order valence-corrected chi connectivity index (χ2v) is 4.73. The molecule has 0 aromatic heterocycles. The molecule has 1 amide bonds. The summed E-state index contributed by atoms with van der Waals surface area (Å²) in [4.78, 5) is 23.7. The fraction of sp³-hybridized carbons (Fsp3) is 0.818. The van der Waals surface area contributed by atoms with Crippen molar-refractivity contribution in [2.24, 2.45) is 0 Å². The summed E-state index contributed by atoms with van der Waals surface area (Å²) in [6.45, 7) is 7.11. The Morgan fingerprint density at radius 3 is 2.19 bits per heavy atom. The lowest BCUT2D eigenvalue weighted by Gasteiger charge is -2.28. The van der Waals surface area contributed by atoms with E-state index in [4.69, 9.17) is 9.84 Å². The Bertz CT molecular complexity index is 257. The van der Waals surface area contributed by atoms with Crippen LogP contribution in [0.5, 0.6) is 0 Å². The average molecular weight is 231 g/mol. The van der Waals surface area contributed by atoms with E-state index in [-0.39, 0.29) is 0 Å². The molecule has 94 valence electrons. The largest absolute Gasteiger partial charge is 0.480 e. The van der Waals surface area contributed by atoms with Crippen LogP contribution in [-0.2, 0) is 9.53 Å². The molecule has 1 N–H and O–H groups in total. The molecule has 5 nitrogen and oxygen atoms in total. The molecule has 0 aromatic rings. The van der Waals surface area contributed by atoms with Crippen molar-refractivity contribution in [2.75, 3.05) is 7.05 Å². The van der Waals surface area contributed by atoms with Gasteiger partial charge in [-0.05, 0) is 27.2 Å². The standard InChI is InChI=1S/C11H21NO4/c1-6-7-8(9(13)14)12(5)10(15)16-11(2,3)4/h8H,6-7H2,1-5H3,(H,13,14)/t8-/m1/s1. The van der Waals surface area contributed by atoms with Crippen molar-refractivity contribution >= 4 is 12.1 Å². The highest BCUT2D eigenvalue weighted by molar-refractivity contribution is 5.79. The number of carbonyl (C=O) groups excluding carboxylic acids is 1. The summed E-state index contributed by atoms with van der Waals surface area (Å²) in [6.07, 6.45) is 0.517. The van der Waals surface area contributed by atoms with Crippen LogP contribution >= 0.6 is 0 Å². The van der Waals surface area contributed by atoms with E-state index >= 15 is 0 Å². The van der Waals surface area contributed by atoms with Gasteiger partial charge in [0.05, 0.1) is 0 Å². The molecule has 0 aliphatic rings. The minimum Gasteiger partial charge on any atom is -0.480 e. The lowest BCUT2D eigenvalue weighted by molar-refractivity contribution is -0.142. The number of amides is 1. The Kier molecular flexibility index (Phi) is 5.27. The van der Waals surface area contributed by atoms with E-state index in [1.165, 1.54) is 7.05 Å². The molecule has 0 unspecified atom stereocenters. The van der Waals surface area contributed by atoms with Crippen molar-refractivity contribution in [1.29, 1.82) is 0 Å². The number of likely N-dealkylation sites (N-methyl/N-ethyl adjacent to an activating group) is 1. The van der Waals surface area contributed by atoms with Gasteiger partial charge < -0.3 is 9.84 Å². The van der Waals surface area contributed by atoms with E-state index in [2.05, 4.69) is 0 Å². The van der Waals surface area contributed by atoms with E-state index in [0.717, 1.165) is 4.90 Å². The highest BCUT2D eigenvalue weighted by atomic mass is 16.6. The second kappa shape index (κ2) is 5.72. The third kappa shape index (κ3) is 5.00. The summed E-state index contributed by atoms with van der Waals surface area (Å²) in [6, 6.07) is -0.820. The molecule has 0 saturated carbocycles. The summed E-state index contributed by atoms with van der Waals surface area (Å²) in [5.74, 6) is -1.00. The van der Waals surface area contributed by atoms with Crippen LogP contribution in [0, 0.1) is 0 Å². The molecule has 0 aromatic carbocycles. The van der Waals surface area contributed by atoms with E-state index in [1.807, 2.05) is 6.92 Å². The van der Waals surface area contributed by atoms with E-state index < -0.39 is 23.7 Å². The Morgan fingerprint density at radius 1 is 1.38 bits per heavy atom. The maximum Gasteiger partial charge on any atom is 0.410 e. The SMILES string of the molecule is CCC[C@H](C(=O)O)N(C)C(=O)OC(C)(C)C. The lowest BCUT2D eigenvalue weighted by atomic mass is 10.1. The minimum atomic E-state index is -1.00. The maximum atomic E-state index is 11.6.